The number of hydrogen-bond acceptors (Lipinski definition) is 3. The highest BCUT2D eigenvalue weighted by Gasteiger charge is 2.25. The molecule has 0 spiro atoms. The van der Waals surface area contributed by atoms with Crippen LogP contribution in [0.2, 0.25) is 0 Å². The molecule has 0 amide bonds. The van der Waals surface area contributed by atoms with E-state index in [0.29, 0.717) is 5.84 Å². The van der Waals surface area contributed by atoms with Crippen molar-refractivity contribution >= 4 is 27.5 Å². The van der Waals surface area contributed by atoms with E-state index in [4.69, 9.17) is 11.6 Å². The topological polar surface area (TPSA) is 58.5 Å². The van der Waals surface area contributed by atoms with Gasteiger partial charge in [-0.2, -0.15) is 0 Å². The van der Waals surface area contributed by atoms with E-state index in [1.807, 2.05) is 6.92 Å². The fraction of sp³-hybridized carbons (Fsp3) is 0.500. The molecule has 1 saturated carbocycles. The summed E-state index contributed by atoms with van der Waals surface area (Å²) in [5, 5.41) is 0.00817. The largest absolute Gasteiger partial charge is 0.267 e. The van der Waals surface area contributed by atoms with Gasteiger partial charge in [-0.05, 0) is 45.2 Å². The summed E-state index contributed by atoms with van der Waals surface area (Å²) in [6.07, 6.45) is 2.89. The molecule has 1 aromatic rings. The zero-order chi connectivity index (χ0) is 14.8. The Bertz CT molecular complexity index is 596. The van der Waals surface area contributed by atoms with Crippen molar-refractivity contribution in [3.8, 4) is 0 Å². The zero-order valence-corrected chi connectivity index (χ0v) is 13.2. The molecule has 4 nitrogen and oxygen atoms in total. The number of aryl methyl sites for hydroxylation is 1. The predicted octanol–water partition coefficient (Wildman–Crippen LogP) is 2.85. The number of sulfonamides is 1. The quantitative estimate of drug-likeness (QED) is 0.530. The molecule has 1 fully saturated rings. The van der Waals surface area contributed by atoms with Crippen molar-refractivity contribution in [2.75, 3.05) is 0 Å². The number of amidine groups is 1. The zero-order valence-electron chi connectivity index (χ0n) is 11.6. The van der Waals surface area contributed by atoms with Gasteiger partial charge in [-0.25, -0.2) is 8.42 Å². The van der Waals surface area contributed by atoms with Crippen LogP contribution >= 0.6 is 11.6 Å². The molecule has 20 heavy (non-hydrogen) atoms. The highest BCUT2D eigenvalue weighted by atomic mass is 35.5. The van der Waals surface area contributed by atoms with Gasteiger partial charge in [0.15, 0.2) is 0 Å². The van der Waals surface area contributed by atoms with E-state index in [1.54, 1.807) is 31.2 Å². The van der Waals surface area contributed by atoms with Gasteiger partial charge in [0.1, 0.15) is 5.84 Å². The number of nitrogens with one attached hydrogen (secondary N) is 1. The summed E-state index contributed by atoms with van der Waals surface area (Å²) >= 11 is 6.14. The number of aliphatic imine (C=N–C) groups is 1. The van der Waals surface area contributed by atoms with Crippen molar-refractivity contribution in [3.05, 3.63) is 29.8 Å². The SMILES string of the molecule is CC(=N[C@H]1CCC[C@@H]1Cl)NS(=O)(=O)c1ccc(C)cc1. The van der Waals surface area contributed by atoms with E-state index in [0.717, 1.165) is 24.8 Å². The van der Waals surface area contributed by atoms with Gasteiger partial charge in [-0.15, -0.1) is 11.6 Å². The maximum Gasteiger partial charge on any atom is 0.262 e. The van der Waals surface area contributed by atoms with Gasteiger partial charge in [0.05, 0.1) is 16.3 Å². The average Bonchev–Trinajstić information content (AvgIpc) is 2.74. The maximum atomic E-state index is 12.2. The Hall–Kier alpha value is -1.07. The second kappa shape index (κ2) is 6.14. The fourth-order valence-corrected chi connectivity index (χ4v) is 3.68. The van der Waals surface area contributed by atoms with Crippen molar-refractivity contribution in [2.45, 2.75) is 49.4 Å². The second-order valence-electron chi connectivity index (χ2n) is 5.15. The van der Waals surface area contributed by atoms with Crippen LogP contribution in [0.5, 0.6) is 0 Å². The summed E-state index contributed by atoms with van der Waals surface area (Å²) in [7, 11) is -3.56. The Morgan fingerprint density at radius 3 is 2.50 bits per heavy atom. The lowest BCUT2D eigenvalue weighted by Gasteiger charge is -2.12. The fourth-order valence-electron chi connectivity index (χ4n) is 2.29. The van der Waals surface area contributed by atoms with Gasteiger partial charge < -0.3 is 0 Å². The molecule has 110 valence electrons. The summed E-state index contributed by atoms with van der Waals surface area (Å²) in [5.41, 5.74) is 1.02. The maximum absolute atomic E-state index is 12.2. The first-order valence-corrected chi connectivity index (χ1v) is 8.58. The van der Waals surface area contributed by atoms with Gasteiger partial charge in [0.25, 0.3) is 10.0 Å². The van der Waals surface area contributed by atoms with E-state index >= 15 is 0 Å². The van der Waals surface area contributed by atoms with Gasteiger partial charge in [0, 0.05) is 0 Å². The molecule has 2 rings (SSSR count). The van der Waals surface area contributed by atoms with Gasteiger partial charge in [0.2, 0.25) is 0 Å². The molecular weight excluding hydrogens is 296 g/mol. The molecule has 2 atom stereocenters. The molecule has 1 aliphatic rings. The van der Waals surface area contributed by atoms with Gasteiger partial charge >= 0.3 is 0 Å². The molecule has 0 radical (unpaired) electrons. The second-order valence-corrected chi connectivity index (χ2v) is 7.39. The molecule has 0 aromatic heterocycles. The van der Waals surface area contributed by atoms with Crippen molar-refractivity contribution in [2.24, 2.45) is 4.99 Å². The van der Waals surface area contributed by atoms with Gasteiger partial charge in [-0.3, -0.25) is 9.71 Å². The minimum atomic E-state index is -3.56. The molecular formula is C14H19ClN2O2S. The van der Waals surface area contributed by atoms with Crippen LogP contribution in [0.3, 0.4) is 0 Å². The van der Waals surface area contributed by atoms with Crippen molar-refractivity contribution < 1.29 is 8.42 Å². The highest BCUT2D eigenvalue weighted by molar-refractivity contribution is 7.90. The monoisotopic (exact) mass is 314 g/mol. The van der Waals surface area contributed by atoms with E-state index < -0.39 is 10.0 Å². The number of alkyl halides is 1. The van der Waals surface area contributed by atoms with E-state index in [1.165, 1.54) is 0 Å². The number of rotatable bonds is 3. The lowest BCUT2D eigenvalue weighted by molar-refractivity contribution is 0.592. The van der Waals surface area contributed by atoms with Crippen LogP contribution in [0.4, 0.5) is 0 Å². The number of halogens is 1. The molecule has 6 heteroatoms. The van der Waals surface area contributed by atoms with Crippen LogP contribution in [-0.2, 0) is 10.0 Å². The smallest absolute Gasteiger partial charge is 0.262 e. The Morgan fingerprint density at radius 1 is 1.30 bits per heavy atom. The average molecular weight is 315 g/mol. The predicted molar refractivity (Wildman–Crippen MR) is 81.9 cm³/mol. The molecule has 0 aliphatic heterocycles. The minimum absolute atomic E-state index is 0.00817. The van der Waals surface area contributed by atoms with E-state index in [2.05, 4.69) is 9.71 Å². The van der Waals surface area contributed by atoms with Crippen LogP contribution in [0.25, 0.3) is 0 Å². The third-order valence-electron chi connectivity index (χ3n) is 3.37. The first-order chi connectivity index (χ1) is 9.38. The molecule has 0 saturated heterocycles. The van der Waals surface area contributed by atoms with Gasteiger partial charge in [-0.1, -0.05) is 17.7 Å². The summed E-state index contributed by atoms with van der Waals surface area (Å²) in [6, 6.07) is 6.73. The Labute approximate surface area is 125 Å². The number of nitrogens with zero attached hydrogens (tertiary/aromatic N) is 1. The summed E-state index contributed by atoms with van der Waals surface area (Å²) in [5.74, 6) is 0.392. The molecule has 0 unspecified atom stereocenters. The minimum Gasteiger partial charge on any atom is -0.267 e. The number of benzene rings is 1. The molecule has 0 heterocycles. The Kier molecular flexibility index (Phi) is 4.70. The number of hydrogen-bond donors (Lipinski definition) is 1. The molecule has 1 aliphatic carbocycles. The van der Waals surface area contributed by atoms with E-state index in [9.17, 15) is 8.42 Å². The first-order valence-electron chi connectivity index (χ1n) is 6.66. The standard InChI is InChI=1S/C14H19ClN2O2S/c1-10-6-8-12(9-7-10)20(18,19)17-11(2)16-14-5-3-4-13(14)15/h6-9,13-14H,3-5H2,1-2H3,(H,16,17)/t13-,14-/m0/s1. The van der Waals surface area contributed by atoms with Crippen molar-refractivity contribution in [1.82, 2.24) is 4.72 Å². The third-order valence-corrected chi connectivity index (χ3v) is 5.34. The van der Waals surface area contributed by atoms with E-state index in [-0.39, 0.29) is 16.3 Å². The highest BCUT2D eigenvalue weighted by Crippen LogP contribution is 2.26. The molecule has 1 aromatic carbocycles. The lowest BCUT2D eigenvalue weighted by Crippen LogP contribution is -2.30. The summed E-state index contributed by atoms with van der Waals surface area (Å²) < 4.78 is 26.9. The van der Waals surface area contributed by atoms with Crippen molar-refractivity contribution in [3.63, 3.8) is 0 Å². The van der Waals surface area contributed by atoms with Crippen LogP contribution in [0.1, 0.15) is 31.7 Å². The summed E-state index contributed by atoms with van der Waals surface area (Å²) in [6.45, 7) is 3.57. The van der Waals surface area contributed by atoms with Crippen LogP contribution < -0.4 is 4.72 Å². The van der Waals surface area contributed by atoms with Crippen molar-refractivity contribution in [1.29, 1.82) is 0 Å². The van der Waals surface area contributed by atoms with Crippen LogP contribution in [0.15, 0.2) is 34.2 Å². The summed E-state index contributed by atoms with van der Waals surface area (Å²) in [4.78, 5) is 4.62. The van der Waals surface area contributed by atoms with Crippen LogP contribution in [-0.4, -0.2) is 25.7 Å². The first kappa shape index (κ1) is 15.3. The normalized spacial score (nSPS) is 23.9. The molecule has 1 N–H and O–H groups in total. The molecule has 0 bridgehead atoms. The Morgan fingerprint density at radius 2 is 1.95 bits per heavy atom. The lowest BCUT2D eigenvalue weighted by atomic mass is 10.2. The van der Waals surface area contributed by atoms with Crippen LogP contribution in [0, 0.1) is 6.92 Å². The Balaban J connectivity index is 2.11. The third kappa shape index (κ3) is 3.73.